The summed E-state index contributed by atoms with van der Waals surface area (Å²) in [5.74, 6) is -0.211. The highest BCUT2D eigenvalue weighted by atomic mass is 16.5. The van der Waals surface area contributed by atoms with Crippen LogP contribution < -0.4 is 5.32 Å². The molecule has 0 atom stereocenters. The number of hydrogen-bond acceptors (Lipinski definition) is 3. The summed E-state index contributed by atoms with van der Waals surface area (Å²) in [5, 5.41) is 2.85. The van der Waals surface area contributed by atoms with E-state index in [1.54, 1.807) is 27.8 Å². The summed E-state index contributed by atoms with van der Waals surface area (Å²) in [5.41, 5.74) is -0.560. The van der Waals surface area contributed by atoms with Gasteiger partial charge in [0.15, 0.2) is 0 Å². The molecular weight excluding hydrogens is 130 g/mol. The van der Waals surface area contributed by atoms with Gasteiger partial charge in [0, 0.05) is 1.43 Å². The molecular formula is C7H17NO2. The van der Waals surface area contributed by atoms with E-state index in [0.29, 0.717) is 6.61 Å². The van der Waals surface area contributed by atoms with Gasteiger partial charge in [0.05, 0.1) is 6.61 Å². The second kappa shape index (κ2) is 3.56. The molecule has 0 fully saturated rings. The van der Waals surface area contributed by atoms with Crippen LogP contribution in [0.15, 0.2) is 0 Å². The molecule has 0 amide bonds. The Morgan fingerprint density at radius 1 is 1.70 bits per heavy atom. The smallest absolute Gasteiger partial charge is 0.325 e. The first-order valence-electron chi connectivity index (χ1n) is 3.40. The Kier molecular flexibility index (Phi) is 3.36. The average molecular weight is 147 g/mol. The molecule has 0 radical (unpaired) electrons. The lowest BCUT2D eigenvalue weighted by Gasteiger charge is -2.20. The Morgan fingerprint density at radius 2 is 2.20 bits per heavy atom. The second-order valence-corrected chi connectivity index (χ2v) is 2.60. The first-order chi connectivity index (χ1) is 4.54. The molecule has 0 aliphatic rings. The van der Waals surface area contributed by atoms with Crippen LogP contribution in [0, 0.1) is 0 Å². The van der Waals surface area contributed by atoms with Gasteiger partial charge >= 0.3 is 5.97 Å². The molecule has 0 bridgehead atoms. The predicted molar refractivity (Wildman–Crippen MR) is 41.9 cm³/mol. The number of likely N-dealkylation sites (N-methyl/N-ethyl adjacent to an activating group) is 1. The zero-order valence-electron chi connectivity index (χ0n) is 7.02. The number of esters is 1. The highest BCUT2D eigenvalue weighted by Crippen LogP contribution is 2.02. The first-order valence-corrected chi connectivity index (χ1v) is 3.40. The van der Waals surface area contributed by atoms with E-state index in [4.69, 9.17) is 4.74 Å². The summed E-state index contributed by atoms with van der Waals surface area (Å²) < 4.78 is 4.80. The van der Waals surface area contributed by atoms with Crippen LogP contribution >= 0.6 is 0 Å². The van der Waals surface area contributed by atoms with Crippen molar-refractivity contribution in [3.05, 3.63) is 0 Å². The standard InChI is InChI=1S/C7H15NO2.H2/c1-5-10-6(9)7(2,3)8-4;/h8H,5H2,1-4H3;1H. The van der Waals surface area contributed by atoms with Crippen molar-refractivity contribution in [1.82, 2.24) is 5.32 Å². The van der Waals surface area contributed by atoms with Crippen LogP contribution in [0.3, 0.4) is 0 Å². The average Bonchev–Trinajstić information content (AvgIpc) is 1.89. The number of hydrogen-bond donors (Lipinski definition) is 1. The van der Waals surface area contributed by atoms with Crippen LogP contribution in [0.25, 0.3) is 0 Å². The molecule has 1 N–H and O–H groups in total. The quantitative estimate of drug-likeness (QED) is 0.600. The van der Waals surface area contributed by atoms with E-state index in [2.05, 4.69) is 5.32 Å². The largest absolute Gasteiger partial charge is 0.465 e. The van der Waals surface area contributed by atoms with Crippen LogP contribution in [0.2, 0.25) is 0 Å². The van der Waals surface area contributed by atoms with Gasteiger partial charge in [-0.25, -0.2) is 0 Å². The SMILES string of the molecule is CCOC(=O)C(C)(C)NC.[HH]. The van der Waals surface area contributed by atoms with Crippen LogP contribution in [-0.4, -0.2) is 25.2 Å². The summed E-state index contributed by atoms with van der Waals surface area (Å²) >= 11 is 0. The third-order valence-corrected chi connectivity index (χ3v) is 1.41. The van der Waals surface area contributed by atoms with Crippen molar-refractivity contribution in [2.24, 2.45) is 0 Å². The summed E-state index contributed by atoms with van der Waals surface area (Å²) in [4.78, 5) is 11.0. The number of rotatable bonds is 3. The van der Waals surface area contributed by atoms with Crippen LogP contribution in [-0.2, 0) is 9.53 Å². The van der Waals surface area contributed by atoms with Crippen molar-refractivity contribution in [3.8, 4) is 0 Å². The van der Waals surface area contributed by atoms with Gasteiger partial charge in [-0.05, 0) is 27.8 Å². The van der Waals surface area contributed by atoms with Crippen molar-refractivity contribution in [1.29, 1.82) is 0 Å². The minimum Gasteiger partial charge on any atom is -0.465 e. The molecule has 0 aliphatic carbocycles. The highest BCUT2D eigenvalue weighted by molar-refractivity contribution is 5.79. The maximum absolute atomic E-state index is 11.0. The lowest BCUT2D eigenvalue weighted by Crippen LogP contribution is -2.45. The highest BCUT2D eigenvalue weighted by Gasteiger charge is 2.26. The number of carbonyl (C=O) groups excluding carboxylic acids is 1. The van der Waals surface area contributed by atoms with Gasteiger partial charge in [0.1, 0.15) is 5.54 Å². The van der Waals surface area contributed by atoms with E-state index < -0.39 is 5.54 Å². The first kappa shape index (κ1) is 9.43. The van der Waals surface area contributed by atoms with E-state index in [-0.39, 0.29) is 7.40 Å². The normalized spacial score (nSPS) is 11.2. The molecule has 3 heteroatoms. The van der Waals surface area contributed by atoms with Crippen molar-refractivity contribution in [3.63, 3.8) is 0 Å². The fourth-order valence-electron chi connectivity index (χ4n) is 0.414. The Bertz CT molecular complexity index is 126. The Hall–Kier alpha value is -0.570. The van der Waals surface area contributed by atoms with Gasteiger partial charge in [0.25, 0.3) is 0 Å². The third-order valence-electron chi connectivity index (χ3n) is 1.41. The molecule has 3 nitrogen and oxygen atoms in total. The van der Waals surface area contributed by atoms with E-state index in [0.717, 1.165) is 0 Å². The van der Waals surface area contributed by atoms with Gasteiger partial charge < -0.3 is 10.1 Å². The molecule has 62 valence electrons. The van der Waals surface area contributed by atoms with Crippen molar-refractivity contribution >= 4 is 5.97 Å². The number of carbonyl (C=O) groups is 1. The molecule has 10 heavy (non-hydrogen) atoms. The zero-order chi connectivity index (χ0) is 8.20. The van der Waals surface area contributed by atoms with Gasteiger partial charge in [-0.2, -0.15) is 0 Å². The summed E-state index contributed by atoms with van der Waals surface area (Å²) in [6, 6.07) is 0. The Morgan fingerprint density at radius 3 is 2.50 bits per heavy atom. The van der Waals surface area contributed by atoms with Gasteiger partial charge in [-0.1, -0.05) is 0 Å². The molecule has 0 unspecified atom stereocenters. The molecule has 0 heterocycles. The van der Waals surface area contributed by atoms with Crippen molar-refractivity contribution < 1.29 is 11.0 Å². The molecule has 0 spiro atoms. The summed E-state index contributed by atoms with van der Waals surface area (Å²) in [7, 11) is 1.73. The Balaban J connectivity index is 0. The fraction of sp³-hybridized carbons (Fsp3) is 0.857. The molecule has 0 saturated heterocycles. The maximum atomic E-state index is 11.0. The lowest BCUT2D eigenvalue weighted by molar-refractivity contribution is -0.149. The molecule has 0 aromatic rings. The Labute approximate surface area is 63.2 Å². The molecule has 0 aromatic heterocycles. The van der Waals surface area contributed by atoms with E-state index >= 15 is 0 Å². The molecule has 0 rings (SSSR count). The minimum absolute atomic E-state index is 0. The maximum Gasteiger partial charge on any atom is 0.325 e. The van der Waals surface area contributed by atoms with E-state index in [1.165, 1.54) is 0 Å². The monoisotopic (exact) mass is 147 g/mol. The molecule has 0 saturated carbocycles. The van der Waals surface area contributed by atoms with Crippen LogP contribution in [0.1, 0.15) is 22.2 Å². The van der Waals surface area contributed by atoms with Gasteiger partial charge in [-0.15, -0.1) is 0 Å². The zero-order valence-corrected chi connectivity index (χ0v) is 7.02. The van der Waals surface area contributed by atoms with Gasteiger partial charge in [0.2, 0.25) is 0 Å². The van der Waals surface area contributed by atoms with Crippen LogP contribution in [0.4, 0.5) is 0 Å². The van der Waals surface area contributed by atoms with Crippen molar-refractivity contribution in [2.45, 2.75) is 26.3 Å². The van der Waals surface area contributed by atoms with E-state index in [9.17, 15) is 4.79 Å². The summed E-state index contributed by atoms with van der Waals surface area (Å²) in [6.07, 6.45) is 0. The topological polar surface area (TPSA) is 38.3 Å². The second-order valence-electron chi connectivity index (χ2n) is 2.60. The van der Waals surface area contributed by atoms with Crippen LogP contribution in [0.5, 0.6) is 0 Å². The van der Waals surface area contributed by atoms with E-state index in [1.807, 2.05) is 0 Å². The molecule has 0 aliphatic heterocycles. The van der Waals surface area contributed by atoms with Gasteiger partial charge in [-0.3, -0.25) is 4.79 Å². The minimum atomic E-state index is -0.560. The molecule has 0 aromatic carbocycles. The third kappa shape index (κ3) is 2.35. The summed E-state index contributed by atoms with van der Waals surface area (Å²) in [6.45, 7) is 5.80. The number of ether oxygens (including phenoxy) is 1. The number of nitrogens with one attached hydrogen (secondary N) is 1. The fourth-order valence-corrected chi connectivity index (χ4v) is 0.414. The predicted octanol–water partition coefficient (Wildman–Crippen LogP) is 0.793. The van der Waals surface area contributed by atoms with Crippen molar-refractivity contribution in [2.75, 3.05) is 13.7 Å². The lowest BCUT2D eigenvalue weighted by atomic mass is 10.1.